The highest BCUT2D eigenvalue weighted by Gasteiger charge is 2.11. The summed E-state index contributed by atoms with van der Waals surface area (Å²) in [6.07, 6.45) is 2.31. The summed E-state index contributed by atoms with van der Waals surface area (Å²) in [7, 11) is 0. The number of hydrogen-bond acceptors (Lipinski definition) is 2. The largest absolute Gasteiger partial charge is 0.287 e. The van der Waals surface area contributed by atoms with Crippen molar-refractivity contribution in [2.75, 3.05) is 0 Å². The molecule has 0 heterocycles. The van der Waals surface area contributed by atoms with Crippen LogP contribution in [0.3, 0.4) is 0 Å². The summed E-state index contributed by atoms with van der Waals surface area (Å²) in [6, 6.07) is 0. The number of carbonyl (C=O) groups is 1. The Labute approximate surface area is 73.9 Å². The van der Waals surface area contributed by atoms with Gasteiger partial charge in [-0.05, 0) is 6.42 Å². The Kier molecular flexibility index (Phi) is 5.65. The van der Waals surface area contributed by atoms with E-state index in [-0.39, 0.29) is 5.92 Å². The lowest BCUT2D eigenvalue weighted by Crippen LogP contribution is -2.07. The van der Waals surface area contributed by atoms with Gasteiger partial charge < -0.3 is 0 Å². The van der Waals surface area contributed by atoms with Gasteiger partial charge in [-0.15, -0.1) is 0 Å². The fraction of sp³-hybridized carbons (Fsp3) is 0.889. The number of carbonyl (C=O) groups excluding carboxylic acids is 1. The van der Waals surface area contributed by atoms with E-state index in [1.54, 1.807) is 0 Å². The molecule has 0 aliphatic heterocycles. The van der Waals surface area contributed by atoms with Gasteiger partial charge >= 0.3 is 0 Å². The maximum Gasteiger partial charge on any atom is 0.191 e. The average molecular weight is 174 g/mol. The molecule has 0 saturated carbocycles. The van der Waals surface area contributed by atoms with E-state index in [2.05, 4.69) is 13.8 Å². The second-order valence-electron chi connectivity index (χ2n) is 3.19. The molecule has 0 radical (unpaired) electrons. The molecule has 0 aromatic heterocycles. The van der Waals surface area contributed by atoms with Gasteiger partial charge in [0.25, 0.3) is 0 Å². The van der Waals surface area contributed by atoms with Crippen molar-refractivity contribution < 1.29 is 4.79 Å². The van der Waals surface area contributed by atoms with E-state index in [1.165, 1.54) is 18.2 Å². The van der Waals surface area contributed by atoms with Crippen LogP contribution in [0.25, 0.3) is 0 Å². The standard InChI is InChI=1S/C9H18OS/c1-5-6-8(4)11-9(10)7(2)3/h7-8H,5-6H2,1-4H3. The van der Waals surface area contributed by atoms with Gasteiger partial charge in [0.15, 0.2) is 5.12 Å². The van der Waals surface area contributed by atoms with Gasteiger partial charge in [0, 0.05) is 11.2 Å². The van der Waals surface area contributed by atoms with Crippen LogP contribution in [0.15, 0.2) is 0 Å². The normalized spacial score (nSPS) is 13.5. The highest BCUT2D eigenvalue weighted by molar-refractivity contribution is 8.14. The molecule has 2 heteroatoms. The van der Waals surface area contributed by atoms with Gasteiger partial charge in [-0.3, -0.25) is 4.79 Å². The van der Waals surface area contributed by atoms with Crippen molar-refractivity contribution in [3.63, 3.8) is 0 Å². The summed E-state index contributed by atoms with van der Waals surface area (Å²) in [5, 5.41) is 0.820. The molecule has 0 rings (SSSR count). The van der Waals surface area contributed by atoms with Crippen molar-refractivity contribution in [3.8, 4) is 0 Å². The first-order chi connectivity index (χ1) is 5.07. The van der Waals surface area contributed by atoms with E-state index in [1.807, 2.05) is 13.8 Å². The zero-order valence-corrected chi connectivity index (χ0v) is 8.70. The molecular weight excluding hydrogens is 156 g/mol. The zero-order chi connectivity index (χ0) is 8.85. The molecule has 0 aliphatic rings. The summed E-state index contributed by atoms with van der Waals surface area (Å²) in [5.41, 5.74) is 0. The number of thioether (sulfide) groups is 1. The van der Waals surface area contributed by atoms with E-state index in [0.717, 1.165) is 6.42 Å². The van der Waals surface area contributed by atoms with Crippen LogP contribution in [0.4, 0.5) is 0 Å². The third-order valence-corrected chi connectivity index (χ3v) is 2.83. The van der Waals surface area contributed by atoms with Crippen molar-refractivity contribution in [1.29, 1.82) is 0 Å². The molecule has 0 aliphatic carbocycles. The van der Waals surface area contributed by atoms with Crippen LogP contribution in [-0.2, 0) is 4.79 Å². The van der Waals surface area contributed by atoms with Crippen molar-refractivity contribution in [2.45, 2.75) is 45.8 Å². The maximum absolute atomic E-state index is 11.2. The van der Waals surface area contributed by atoms with Gasteiger partial charge in [-0.25, -0.2) is 0 Å². The van der Waals surface area contributed by atoms with E-state index in [9.17, 15) is 4.79 Å². The van der Waals surface area contributed by atoms with Crippen LogP contribution in [-0.4, -0.2) is 10.4 Å². The highest BCUT2D eigenvalue weighted by atomic mass is 32.2. The first-order valence-electron chi connectivity index (χ1n) is 4.28. The predicted molar refractivity (Wildman–Crippen MR) is 51.8 cm³/mol. The third-order valence-electron chi connectivity index (χ3n) is 1.48. The minimum absolute atomic E-state index is 0.180. The van der Waals surface area contributed by atoms with Crippen LogP contribution < -0.4 is 0 Å². The molecule has 1 nitrogen and oxygen atoms in total. The fourth-order valence-corrected chi connectivity index (χ4v) is 1.82. The Balaban J connectivity index is 3.57. The van der Waals surface area contributed by atoms with Crippen molar-refractivity contribution in [1.82, 2.24) is 0 Å². The molecule has 0 N–H and O–H groups in total. The van der Waals surface area contributed by atoms with E-state index in [0.29, 0.717) is 10.4 Å². The van der Waals surface area contributed by atoms with Crippen molar-refractivity contribution >= 4 is 16.9 Å². The fourth-order valence-electron chi connectivity index (χ4n) is 0.800. The zero-order valence-electron chi connectivity index (χ0n) is 7.89. The highest BCUT2D eigenvalue weighted by Crippen LogP contribution is 2.19. The second-order valence-corrected chi connectivity index (χ2v) is 4.63. The van der Waals surface area contributed by atoms with Gasteiger partial charge in [-0.1, -0.05) is 45.9 Å². The molecule has 0 aromatic carbocycles. The molecule has 0 fully saturated rings. The Hall–Kier alpha value is 0.0200. The van der Waals surface area contributed by atoms with Crippen molar-refractivity contribution in [2.24, 2.45) is 5.92 Å². The number of rotatable bonds is 4. The molecule has 66 valence electrons. The Morgan fingerprint density at radius 3 is 2.27 bits per heavy atom. The predicted octanol–water partition coefficient (Wildman–Crippen LogP) is 3.09. The third kappa shape index (κ3) is 5.31. The Bertz CT molecular complexity index is 121. The Morgan fingerprint density at radius 2 is 1.91 bits per heavy atom. The molecular formula is C9H18OS. The van der Waals surface area contributed by atoms with Crippen LogP contribution in [0.2, 0.25) is 0 Å². The lowest BCUT2D eigenvalue weighted by molar-refractivity contribution is -0.113. The molecule has 1 atom stereocenters. The van der Waals surface area contributed by atoms with E-state index < -0.39 is 0 Å². The Morgan fingerprint density at radius 1 is 1.36 bits per heavy atom. The van der Waals surface area contributed by atoms with Gasteiger partial charge in [0.05, 0.1) is 0 Å². The van der Waals surface area contributed by atoms with Crippen LogP contribution in [0, 0.1) is 5.92 Å². The van der Waals surface area contributed by atoms with Gasteiger partial charge in [0.2, 0.25) is 0 Å². The number of hydrogen-bond donors (Lipinski definition) is 0. The van der Waals surface area contributed by atoms with E-state index >= 15 is 0 Å². The second kappa shape index (κ2) is 5.64. The van der Waals surface area contributed by atoms with Crippen LogP contribution in [0.1, 0.15) is 40.5 Å². The monoisotopic (exact) mass is 174 g/mol. The SMILES string of the molecule is CCCC(C)SC(=O)C(C)C. The van der Waals surface area contributed by atoms with Crippen molar-refractivity contribution in [3.05, 3.63) is 0 Å². The van der Waals surface area contributed by atoms with Gasteiger partial charge in [0.1, 0.15) is 0 Å². The molecule has 0 bridgehead atoms. The molecule has 0 saturated heterocycles. The topological polar surface area (TPSA) is 17.1 Å². The quantitative estimate of drug-likeness (QED) is 0.651. The minimum atomic E-state index is 0.180. The average Bonchev–Trinajstić information content (AvgIpc) is 1.87. The molecule has 0 amide bonds. The molecule has 0 aromatic rings. The van der Waals surface area contributed by atoms with E-state index in [4.69, 9.17) is 0 Å². The van der Waals surface area contributed by atoms with Crippen LogP contribution in [0.5, 0.6) is 0 Å². The molecule has 11 heavy (non-hydrogen) atoms. The minimum Gasteiger partial charge on any atom is -0.287 e. The molecule has 1 unspecified atom stereocenters. The molecule has 0 spiro atoms. The lowest BCUT2D eigenvalue weighted by atomic mass is 10.3. The first-order valence-corrected chi connectivity index (χ1v) is 5.16. The van der Waals surface area contributed by atoms with Gasteiger partial charge in [-0.2, -0.15) is 0 Å². The summed E-state index contributed by atoms with van der Waals surface area (Å²) in [4.78, 5) is 11.2. The van der Waals surface area contributed by atoms with Crippen LogP contribution >= 0.6 is 11.8 Å². The smallest absolute Gasteiger partial charge is 0.191 e. The lowest BCUT2D eigenvalue weighted by Gasteiger charge is -2.09. The summed E-state index contributed by atoms with van der Waals surface area (Å²) < 4.78 is 0. The summed E-state index contributed by atoms with van der Waals surface area (Å²) in [6.45, 7) is 8.17. The summed E-state index contributed by atoms with van der Waals surface area (Å²) >= 11 is 1.49. The maximum atomic E-state index is 11.2. The summed E-state index contributed by atoms with van der Waals surface area (Å²) in [5.74, 6) is 0.180. The first kappa shape index (κ1) is 11.0.